The molecule has 1 unspecified atom stereocenters. The average molecular weight is 221 g/mol. The van der Waals surface area contributed by atoms with Crippen molar-refractivity contribution >= 4 is 0 Å². The molecule has 2 heteroatoms. The summed E-state index contributed by atoms with van der Waals surface area (Å²) in [4.78, 5) is 0. The van der Waals surface area contributed by atoms with Crippen LogP contribution in [0.2, 0.25) is 0 Å². The summed E-state index contributed by atoms with van der Waals surface area (Å²) >= 11 is 0. The van der Waals surface area contributed by atoms with Crippen molar-refractivity contribution in [2.45, 2.75) is 39.7 Å². The van der Waals surface area contributed by atoms with Gasteiger partial charge in [-0.2, -0.15) is 0 Å². The van der Waals surface area contributed by atoms with E-state index in [0.717, 1.165) is 18.6 Å². The van der Waals surface area contributed by atoms with Crippen LogP contribution in [-0.2, 0) is 6.42 Å². The summed E-state index contributed by atoms with van der Waals surface area (Å²) in [5.74, 6) is 0.925. The molecule has 0 aromatic heterocycles. The highest BCUT2D eigenvalue weighted by atomic mass is 16.5. The molecule has 0 aliphatic heterocycles. The molecule has 0 saturated heterocycles. The maximum atomic E-state index is 5.86. The molecule has 0 saturated carbocycles. The van der Waals surface area contributed by atoms with Crippen molar-refractivity contribution in [3.63, 3.8) is 0 Å². The molecule has 90 valence electrons. The zero-order chi connectivity index (χ0) is 12.2. The van der Waals surface area contributed by atoms with Crippen LogP contribution in [-0.4, -0.2) is 13.2 Å². The number of hydrogen-bond acceptors (Lipinski definition) is 2. The smallest absolute Gasteiger partial charge is 0.119 e. The van der Waals surface area contributed by atoms with Crippen LogP contribution < -0.4 is 10.5 Å². The SMILES string of the molecule is COc1cccc(CC(C)(C)CC(C)N)c1. The first-order valence-electron chi connectivity index (χ1n) is 5.81. The van der Waals surface area contributed by atoms with E-state index in [9.17, 15) is 0 Å². The Morgan fingerprint density at radius 3 is 2.62 bits per heavy atom. The predicted octanol–water partition coefficient (Wildman–Crippen LogP) is 3.00. The van der Waals surface area contributed by atoms with Gasteiger partial charge in [0.2, 0.25) is 0 Å². The molecule has 0 heterocycles. The molecule has 1 atom stereocenters. The first kappa shape index (κ1) is 13.0. The summed E-state index contributed by atoms with van der Waals surface area (Å²) in [5, 5.41) is 0. The third kappa shape index (κ3) is 4.23. The monoisotopic (exact) mass is 221 g/mol. The summed E-state index contributed by atoms with van der Waals surface area (Å²) in [6.07, 6.45) is 2.07. The lowest BCUT2D eigenvalue weighted by Gasteiger charge is -2.26. The fraction of sp³-hybridized carbons (Fsp3) is 0.571. The van der Waals surface area contributed by atoms with Crippen LogP contribution in [0.5, 0.6) is 5.75 Å². The van der Waals surface area contributed by atoms with Crippen LogP contribution in [0.4, 0.5) is 0 Å². The van der Waals surface area contributed by atoms with E-state index in [1.54, 1.807) is 7.11 Å². The van der Waals surface area contributed by atoms with Gasteiger partial charge in [-0.05, 0) is 42.9 Å². The number of rotatable bonds is 5. The van der Waals surface area contributed by atoms with Crippen molar-refractivity contribution in [1.82, 2.24) is 0 Å². The van der Waals surface area contributed by atoms with Gasteiger partial charge in [0.05, 0.1) is 7.11 Å². The molecule has 0 bridgehead atoms. The quantitative estimate of drug-likeness (QED) is 0.829. The van der Waals surface area contributed by atoms with Gasteiger partial charge in [-0.3, -0.25) is 0 Å². The topological polar surface area (TPSA) is 35.2 Å². The maximum absolute atomic E-state index is 5.86. The fourth-order valence-electron chi connectivity index (χ4n) is 2.28. The second-order valence-electron chi connectivity index (χ2n) is 5.37. The van der Waals surface area contributed by atoms with Gasteiger partial charge in [-0.25, -0.2) is 0 Å². The second kappa shape index (κ2) is 5.35. The molecule has 0 aliphatic rings. The zero-order valence-electron chi connectivity index (χ0n) is 10.8. The fourth-order valence-corrected chi connectivity index (χ4v) is 2.28. The van der Waals surface area contributed by atoms with E-state index in [1.165, 1.54) is 5.56 Å². The molecule has 1 aromatic carbocycles. The lowest BCUT2D eigenvalue weighted by Crippen LogP contribution is -2.26. The lowest BCUT2D eigenvalue weighted by molar-refractivity contribution is 0.309. The van der Waals surface area contributed by atoms with Gasteiger partial charge < -0.3 is 10.5 Å². The van der Waals surface area contributed by atoms with Crippen LogP contribution in [0.25, 0.3) is 0 Å². The Hall–Kier alpha value is -1.02. The van der Waals surface area contributed by atoms with Gasteiger partial charge >= 0.3 is 0 Å². The minimum Gasteiger partial charge on any atom is -0.497 e. The molecular weight excluding hydrogens is 198 g/mol. The minimum atomic E-state index is 0.237. The molecule has 0 fully saturated rings. The first-order valence-corrected chi connectivity index (χ1v) is 5.81. The van der Waals surface area contributed by atoms with Gasteiger partial charge in [0, 0.05) is 6.04 Å². The van der Waals surface area contributed by atoms with E-state index < -0.39 is 0 Å². The zero-order valence-corrected chi connectivity index (χ0v) is 10.8. The average Bonchev–Trinajstić information content (AvgIpc) is 2.15. The Balaban J connectivity index is 2.71. The van der Waals surface area contributed by atoms with Crippen molar-refractivity contribution in [3.8, 4) is 5.75 Å². The van der Waals surface area contributed by atoms with Crippen molar-refractivity contribution in [3.05, 3.63) is 29.8 Å². The molecule has 2 N–H and O–H groups in total. The normalized spacial score (nSPS) is 13.6. The standard InChI is InChI=1S/C14H23NO/c1-11(15)9-14(2,3)10-12-6-5-7-13(8-12)16-4/h5-8,11H,9-10,15H2,1-4H3. The molecule has 1 rings (SSSR count). The number of ether oxygens (including phenoxy) is 1. The molecule has 0 radical (unpaired) electrons. The second-order valence-corrected chi connectivity index (χ2v) is 5.37. The van der Waals surface area contributed by atoms with Crippen LogP contribution in [0.1, 0.15) is 32.8 Å². The van der Waals surface area contributed by atoms with Crippen LogP contribution in [0.15, 0.2) is 24.3 Å². The minimum absolute atomic E-state index is 0.237. The summed E-state index contributed by atoms with van der Waals surface area (Å²) < 4.78 is 5.23. The van der Waals surface area contributed by atoms with Gasteiger partial charge in [0.25, 0.3) is 0 Å². The van der Waals surface area contributed by atoms with Crippen LogP contribution in [0, 0.1) is 5.41 Å². The van der Waals surface area contributed by atoms with Gasteiger partial charge in [-0.15, -0.1) is 0 Å². The van der Waals surface area contributed by atoms with Crippen LogP contribution >= 0.6 is 0 Å². The summed E-state index contributed by atoms with van der Waals surface area (Å²) in [5.41, 5.74) is 7.41. The van der Waals surface area contributed by atoms with Crippen molar-refractivity contribution in [2.24, 2.45) is 11.1 Å². The van der Waals surface area contributed by atoms with Crippen molar-refractivity contribution in [1.29, 1.82) is 0 Å². The third-order valence-electron chi connectivity index (χ3n) is 2.69. The molecule has 1 aromatic rings. The molecule has 0 amide bonds. The molecule has 16 heavy (non-hydrogen) atoms. The highest BCUT2D eigenvalue weighted by Crippen LogP contribution is 2.28. The van der Waals surface area contributed by atoms with E-state index in [2.05, 4.69) is 32.9 Å². The highest BCUT2D eigenvalue weighted by Gasteiger charge is 2.20. The first-order chi connectivity index (χ1) is 7.43. The summed E-state index contributed by atoms with van der Waals surface area (Å²) in [6.45, 7) is 6.58. The number of nitrogens with two attached hydrogens (primary N) is 1. The Morgan fingerprint density at radius 2 is 2.06 bits per heavy atom. The number of hydrogen-bond donors (Lipinski definition) is 1. The van der Waals surface area contributed by atoms with E-state index in [0.29, 0.717) is 0 Å². The Kier molecular flexibility index (Phi) is 4.36. The Bertz CT molecular complexity index is 331. The Morgan fingerprint density at radius 1 is 1.38 bits per heavy atom. The van der Waals surface area contributed by atoms with Crippen LogP contribution in [0.3, 0.4) is 0 Å². The number of benzene rings is 1. The third-order valence-corrected chi connectivity index (χ3v) is 2.69. The van der Waals surface area contributed by atoms with Gasteiger partial charge in [0.15, 0.2) is 0 Å². The molecule has 2 nitrogen and oxygen atoms in total. The lowest BCUT2D eigenvalue weighted by atomic mass is 9.80. The molecule has 0 aliphatic carbocycles. The maximum Gasteiger partial charge on any atom is 0.119 e. The largest absolute Gasteiger partial charge is 0.497 e. The molecule has 0 spiro atoms. The van der Waals surface area contributed by atoms with Crippen molar-refractivity contribution < 1.29 is 4.74 Å². The van der Waals surface area contributed by atoms with Gasteiger partial charge in [0.1, 0.15) is 5.75 Å². The predicted molar refractivity (Wildman–Crippen MR) is 68.7 cm³/mol. The molecular formula is C14H23NO. The van der Waals surface area contributed by atoms with E-state index in [4.69, 9.17) is 10.5 Å². The van der Waals surface area contributed by atoms with Gasteiger partial charge in [-0.1, -0.05) is 26.0 Å². The van der Waals surface area contributed by atoms with Crippen molar-refractivity contribution in [2.75, 3.05) is 7.11 Å². The van der Waals surface area contributed by atoms with E-state index in [-0.39, 0.29) is 11.5 Å². The van der Waals surface area contributed by atoms with E-state index >= 15 is 0 Å². The highest BCUT2D eigenvalue weighted by molar-refractivity contribution is 5.29. The summed E-state index contributed by atoms with van der Waals surface area (Å²) in [7, 11) is 1.70. The Labute approximate surface area is 98.8 Å². The summed E-state index contributed by atoms with van der Waals surface area (Å²) in [6, 6.07) is 8.51. The number of methoxy groups -OCH3 is 1. The van der Waals surface area contributed by atoms with E-state index in [1.807, 2.05) is 12.1 Å².